The Kier molecular flexibility index (Phi) is 4.01. The number of fused-ring (bicyclic) bond motifs is 1. The topological polar surface area (TPSA) is 121 Å². The van der Waals surface area contributed by atoms with Crippen LogP contribution in [0.1, 0.15) is 20.7 Å². The average Bonchev–Trinajstić information content (AvgIpc) is 2.76. The Morgan fingerprint density at radius 1 is 1.08 bits per heavy atom. The number of carboxylic acids is 1. The van der Waals surface area contributed by atoms with E-state index in [4.69, 9.17) is 5.11 Å². The van der Waals surface area contributed by atoms with Crippen molar-refractivity contribution >= 4 is 33.5 Å². The van der Waals surface area contributed by atoms with Crippen molar-refractivity contribution < 1.29 is 27.9 Å². The number of amides is 2. The second-order valence-corrected chi connectivity index (χ2v) is 7.07. The number of carbonyl (C=O) groups is 3. The van der Waals surface area contributed by atoms with Crippen molar-refractivity contribution in [2.75, 3.05) is 11.9 Å². The maximum Gasteiger partial charge on any atom is 0.324 e. The molecular formula is C16H12N2O6S. The third-order valence-electron chi connectivity index (χ3n) is 3.58. The van der Waals surface area contributed by atoms with Crippen LogP contribution in [-0.4, -0.2) is 42.2 Å². The van der Waals surface area contributed by atoms with Gasteiger partial charge in [-0.1, -0.05) is 18.2 Å². The van der Waals surface area contributed by atoms with Crippen LogP contribution in [-0.2, 0) is 14.8 Å². The Balaban J connectivity index is 1.93. The Hall–Kier alpha value is -3.20. The molecule has 1 aliphatic rings. The smallest absolute Gasteiger partial charge is 0.324 e. The summed E-state index contributed by atoms with van der Waals surface area (Å²) >= 11 is 0. The van der Waals surface area contributed by atoms with E-state index in [-0.39, 0.29) is 16.1 Å². The van der Waals surface area contributed by atoms with Crippen LogP contribution < -0.4 is 5.32 Å². The van der Waals surface area contributed by atoms with Crippen molar-refractivity contribution in [1.82, 2.24) is 4.31 Å². The minimum absolute atomic E-state index is 0.126. The van der Waals surface area contributed by atoms with Gasteiger partial charge in [-0.3, -0.25) is 14.4 Å². The molecule has 8 nitrogen and oxygen atoms in total. The highest BCUT2D eigenvalue weighted by molar-refractivity contribution is 7.90. The van der Waals surface area contributed by atoms with E-state index in [1.165, 1.54) is 12.1 Å². The van der Waals surface area contributed by atoms with Crippen LogP contribution >= 0.6 is 0 Å². The second-order valence-electron chi connectivity index (χ2n) is 5.24. The van der Waals surface area contributed by atoms with E-state index in [1.807, 2.05) is 0 Å². The highest BCUT2D eigenvalue weighted by Crippen LogP contribution is 2.32. The van der Waals surface area contributed by atoms with E-state index in [1.54, 1.807) is 30.3 Å². The van der Waals surface area contributed by atoms with Gasteiger partial charge in [0.15, 0.2) is 0 Å². The van der Waals surface area contributed by atoms with Gasteiger partial charge < -0.3 is 10.4 Å². The fraction of sp³-hybridized carbons (Fsp3) is 0.0625. The Bertz CT molecular complexity index is 985. The van der Waals surface area contributed by atoms with E-state index in [9.17, 15) is 22.8 Å². The van der Waals surface area contributed by atoms with Crippen molar-refractivity contribution in [3.05, 3.63) is 59.7 Å². The van der Waals surface area contributed by atoms with Gasteiger partial charge in [0.1, 0.15) is 11.4 Å². The number of aliphatic carboxylic acids is 1. The fourth-order valence-electron chi connectivity index (χ4n) is 2.42. The zero-order valence-electron chi connectivity index (χ0n) is 12.7. The standard InChI is InChI=1S/C16H12N2O6S/c19-14(20)9-18-16(22)12-7-6-11(8-13(12)25(18,23)24)17-15(21)10-4-2-1-3-5-10/h1-8H,9H2,(H,17,21)(H,19,20). The molecule has 2 N–H and O–H groups in total. The Morgan fingerprint density at radius 3 is 2.40 bits per heavy atom. The second kappa shape index (κ2) is 6.02. The number of hydrogen-bond acceptors (Lipinski definition) is 5. The van der Waals surface area contributed by atoms with Gasteiger partial charge in [0, 0.05) is 11.3 Å². The van der Waals surface area contributed by atoms with Crippen LogP contribution in [0.3, 0.4) is 0 Å². The molecule has 2 amide bonds. The van der Waals surface area contributed by atoms with Gasteiger partial charge >= 0.3 is 5.97 Å². The number of nitrogens with one attached hydrogen (secondary N) is 1. The van der Waals surface area contributed by atoms with Crippen LogP contribution in [0.15, 0.2) is 53.4 Å². The molecule has 0 radical (unpaired) electrons. The first kappa shape index (κ1) is 16.7. The summed E-state index contributed by atoms with van der Waals surface area (Å²) in [5.74, 6) is -2.79. The lowest BCUT2D eigenvalue weighted by atomic mass is 10.1. The molecule has 1 heterocycles. The number of sulfonamides is 1. The molecule has 2 aromatic rings. The number of hydrogen-bond donors (Lipinski definition) is 2. The molecule has 9 heteroatoms. The van der Waals surface area contributed by atoms with Gasteiger partial charge in [0.05, 0.1) is 5.56 Å². The molecule has 3 rings (SSSR count). The van der Waals surface area contributed by atoms with Crippen molar-refractivity contribution in [3.8, 4) is 0 Å². The molecule has 0 aromatic heterocycles. The van der Waals surface area contributed by atoms with Gasteiger partial charge in [-0.05, 0) is 30.3 Å². The normalized spacial score (nSPS) is 14.9. The summed E-state index contributed by atoms with van der Waals surface area (Å²) in [6, 6.07) is 12.1. The fourth-order valence-corrected chi connectivity index (χ4v) is 3.97. The molecule has 0 saturated carbocycles. The summed E-state index contributed by atoms with van der Waals surface area (Å²) in [6.07, 6.45) is 0. The number of rotatable bonds is 4. The van der Waals surface area contributed by atoms with E-state index in [2.05, 4.69) is 5.32 Å². The lowest BCUT2D eigenvalue weighted by Gasteiger charge is -2.11. The molecule has 0 atom stereocenters. The third kappa shape index (κ3) is 2.96. The zero-order chi connectivity index (χ0) is 18.2. The van der Waals surface area contributed by atoms with Crippen molar-refractivity contribution in [2.24, 2.45) is 0 Å². The van der Waals surface area contributed by atoms with Crippen LogP contribution in [0.4, 0.5) is 5.69 Å². The molecule has 0 aliphatic carbocycles. The average molecular weight is 360 g/mol. The van der Waals surface area contributed by atoms with E-state index >= 15 is 0 Å². The van der Waals surface area contributed by atoms with E-state index < -0.39 is 34.4 Å². The first-order valence-electron chi connectivity index (χ1n) is 7.10. The minimum Gasteiger partial charge on any atom is -0.480 e. The van der Waals surface area contributed by atoms with Crippen LogP contribution in [0.25, 0.3) is 0 Å². The quantitative estimate of drug-likeness (QED) is 0.844. The summed E-state index contributed by atoms with van der Waals surface area (Å²) < 4.78 is 25.0. The maximum atomic E-state index is 12.4. The summed E-state index contributed by atoms with van der Waals surface area (Å²) in [6.45, 7) is -0.957. The lowest BCUT2D eigenvalue weighted by molar-refractivity contribution is -0.136. The molecule has 0 saturated heterocycles. The number of carbonyl (C=O) groups excluding carboxylic acids is 2. The summed E-state index contributed by atoms with van der Waals surface area (Å²) in [5, 5.41) is 11.3. The van der Waals surface area contributed by atoms with Crippen LogP contribution in [0, 0.1) is 0 Å². The van der Waals surface area contributed by atoms with Crippen LogP contribution in [0.2, 0.25) is 0 Å². The van der Waals surface area contributed by atoms with Gasteiger partial charge in [0.2, 0.25) is 0 Å². The molecule has 0 unspecified atom stereocenters. The maximum absolute atomic E-state index is 12.4. The van der Waals surface area contributed by atoms with Crippen LogP contribution in [0.5, 0.6) is 0 Å². The number of nitrogens with zero attached hydrogens (tertiary/aromatic N) is 1. The minimum atomic E-state index is -4.26. The first-order chi connectivity index (χ1) is 11.8. The van der Waals surface area contributed by atoms with Gasteiger partial charge in [-0.25, -0.2) is 12.7 Å². The Labute approximate surface area is 142 Å². The van der Waals surface area contributed by atoms with E-state index in [0.717, 1.165) is 6.07 Å². The number of benzene rings is 2. The van der Waals surface area contributed by atoms with Crippen molar-refractivity contribution in [3.63, 3.8) is 0 Å². The predicted octanol–water partition coefficient (Wildman–Crippen LogP) is 1.17. The molecule has 2 aromatic carbocycles. The van der Waals surface area contributed by atoms with Gasteiger partial charge in [-0.2, -0.15) is 0 Å². The molecule has 0 fully saturated rings. The number of carboxylic acid groups (broad SMARTS) is 1. The highest BCUT2D eigenvalue weighted by Gasteiger charge is 2.42. The summed E-state index contributed by atoms with van der Waals surface area (Å²) in [5.41, 5.74) is 0.439. The zero-order valence-corrected chi connectivity index (χ0v) is 13.5. The molecule has 128 valence electrons. The largest absolute Gasteiger partial charge is 0.480 e. The number of anilines is 1. The van der Waals surface area contributed by atoms with Crippen molar-refractivity contribution in [1.29, 1.82) is 0 Å². The predicted molar refractivity (Wildman–Crippen MR) is 86.7 cm³/mol. The molecule has 0 spiro atoms. The highest BCUT2D eigenvalue weighted by atomic mass is 32.2. The molecular weight excluding hydrogens is 348 g/mol. The molecule has 25 heavy (non-hydrogen) atoms. The Morgan fingerprint density at radius 2 is 1.76 bits per heavy atom. The van der Waals surface area contributed by atoms with Crippen molar-refractivity contribution in [2.45, 2.75) is 4.90 Å². The van der Waals surface area contributed by atoms with E-state index in [0.29, 0.717) is 9.87 Å². The SMILES string of the molecule is O=C(O)CN1C(=O)c2ccc(NC(=O)c3ccccc3)cc2S1(=O)=O. The first-order valence-corrected chi connectivity index (χ1v) is 8.54. The lowest BCUT2D eigenvalue weighted by Crippen LogP contribution is -2.34. The summed E-state index contributed by atoms with van der Waals surface area (Å²) in [7, 11) is -4.26. The monoisotopic (exact) mass is 360 g/mol. The van der Waals surface area contributed by atoms with Gasteiger partial charge in [-0.15, -0.1) is 0 Å². The molecule has 1 aliphatic heterocycles. The molecule has 0 bridgehead atoms. The third-order valence-corrected chi connectivity index (χ3v) is 5.35. The summed E-state index contributed by atoms with van der Waals surface area (Å²) in [4.78, 5) is 34.7. The van der Waals surface area contributed by atoms with Gasteiger partial charge in [0.25, 0.3) is 21.8 Å².